The first-order chi connectivity index (χ1) is 31.6. The smallest absolute Gasteiger partial charge is 0.408 e. The first-order valence-electron chi connectivity index (χ1n) is 22.7. The summed E-state index contributed by atoms with van der Waals surface area (Å²) in [5, 5.41) is 6.56. The third-order valence-electron chi connectivity index (χ3n) is 12.8. The molecule has 1 aromatic carbocycles. The summed E-state index contributed by atoms with van der Waals surface area (Å²) in [6.45, 7) is 10.7. The second-order valence-corrected chi connectivity index (χ2v) is 21.1. The van der Waals surface area contributed by atoms with E-state index in [4.69, 9.17) is 28.7 Å². The minimum atomic E-state index is -4.11. The molecule has 67 heavy (non-hydrogen) atoms. The highest BCUT2D eigenvalue weighted by Gasteiger charge is 2.63. The van der Waals surface area contributed by atoms with E-state index in [1.165, 1.54) is 12.0 Å². The Labute approximate surface area is 389 Å². The largest absolute Gasteiger partial charge is 0.497 e. The van der Waals surface area contributed by atoms with Gasteiger partial charge in [0.05, 0.1) is 54.3 Å². The van der Waals surface area contributed by atoms with Gasteiger partial charge in [-0.1, -0.05) is 19.1 Å². The highest BCUT2D eigenvalue weighted by atomic mass is 32.2. The molecule has 17 nitrogen and oxygen atoms in total. The van der Waals surface area contributed by atoms with Crippen molar-refractivity contribution in [3.63, 3.8) is 0 Å². The Morgan fingerprint density at radius 3 is 2.46 bits per heavy atom. The SMILES string of the molecule is CC[C@@H]1O[C@H](C)CC/C=C\[C@@H]2C[C@@]2(C(=O)NS(=O)(=O)C2(C)CC2)NC(=O)[C@@H]2C[C@@H](Oc3nc(-c4ccc(OC(C)C)cn4)cc4cc(OC)ccc34)CN2C(=O)[C@H]1NC(=O)OC(C)(C)C(F)F. The van der Waals surface area contributed by atoms with Gasteiger partial charge in [0.25, 0.3) is 12.3 Å². The number of aromatic nitrogens is 2. The van der Waals surface area contributed by atoms with Gasteiger partial charge in [-0.2, -0.15) is 0 Å². The second-order valence-electron chi connectivity index (χ2n) is 18.9. The summed E-state index contributed by atoms with van der Waals surface area (Å²) >= 11 is 0. The molecule has 0 unspecified atom stereocenters. The number of hydrogen-bond acceptors (Lipinski definition) is 13. The van der Waals surface area contributed by atoms with Crippen LogP contribution in [-0.4, -0.2) is 120 Å². The number of hydrogen-bond donors (Lipinski definition) is 3. The Kier molecular flexibility index (Phi) is 14.1. The number of rotatable bonds is 13. The molecule has 7 atom stereocenters. The zero-order valence-electron chi connectivity index (χ0n) is 39.0. The summed E-state index contributed by atoms with van der Waals surface area (Å²) < 4.78 is 85.1. The number of nitrogens with zero attached hydrogens (tertiary/aromatic N) is 3. The molecule has 0 bridgehead atoms. The number of alkyl halides is 2. The number of benzene rings is 1. The summed E-state index contributed by atoms with van der Waals surface area (Å²) in [5.74, 6) is -1.84. The van der Waals surface area contributed by atoms with E-state index in [-0.39, 0.29) is 37.8 Å². The normalized spacial score (nSPS) is 26.9. The molecule has 2 aromatic heterocycles. The molecule has 4 amide bonds. The summed E-state index contributed by atoms with van der Waals surface area (Å²) in [7, 11) is -2.57. The maximum atomic E-state index is 15.1. The maximum Gasteiger partial charge on any atom is 0.408 e. The van der Waals surface area contributed by atoms with Crippen molar-refractivity contribution in [1.82, 2.24) is 30.2 Å². The van der Waals surface area contributed by atoms with Crippen LogP contribution >= 0.6 is 0 Å². The van der Waals surface area contributed by atoms with Crippen molar-refractivity contribution in [3.8, 4) is 28.8 Å². The highest BCUT2D eigenvalue weighted by molar-refractivity contribution is 7.91. The van der Waals surface area contributed by atoms with Crippen molar-refractivity contribution in [2.24, 2.45) is 5.92 Å². The number of amides is 4. The van der Waals surface area contributed by atoms with Crippen molar-refractivity contribution in [1.29, 1.82) is 0 Å². The average Bonchev–Trinajstić information content (AvgIpc) is 4.15. The topological polar surface area (TPSA) is 214 Å². The number of carbonyl (C=O) groups excluding carboxylic acids is 4. The molecule has 20 heteroatoms. The molecule has 4 aliphatic rings. The van der Waals surface area contributed by atoms with Crippen molar-refractivity contribution in [3.05, 3.63) is 54.7 Å². The zero-order chi connectivity index (χ0) is 48.6. The number of pyridine rings is 2. The van der Waals surface area contributed by atoms with Crippen LogP contribution in [0, 0.1) is 5.92 Å². The lowest BCUT2D eigenvalue weighted by Gasteiger charge is -2.34. The third-order valence-corrected chi connectivity index (χ3v) is 15.0. The van der Waals surface area contributed by atoms with Gasteiger partial charge >= 0.3 is 6.09 Å². The van der Waals surface area contributed by atoms with Crippen LogP contribution in [0.4, 0.5) is 13.6 Å². The van der Waals surface area contributed by atoms with Crippen LogP contribution in [0.3, 0.4) is 0 Å². The number of ether oxygens (including phenoxy) is 5. The molecule has 364 valence electrons. The number of halogens is 2. The van der Waals surface area contributed by atoms with Crippen molar-refractivity contribution in [2.45, 2.75) is 152 Å². The Balaban J connectivity index is 1.27. The number of allylic oxidation sites excluding steroid dienone is 1. The van der Waals surface area contributed by atoms with E-state index < -0.39 is 92.5 Å². The third kappa shape index (κ3) is 10.7. The molecule has 3 N–H and O–H groups in total. The lowest BCUT2D eigenvalue weighted by atomic mass is 10.0. The lowest BCUT2D eigenvalue weighted by Crippen LogP contribution is -2.61. The van der Waals surface area contributed by atoms with Crippen molar-refractivity contribution >= 4 is 44.6 Å². The standard InChI is InChI=1S/C47H60F2N6O11S/c1-9-37-38(52-44(59)66-45(5,6)42(48)49)41(57)55-25-32(65-40-33-16-14-30(62-8)20-28(33)21-35(51-40)34-17-15-31(24-50-34)63-26(2)3)22-36(55)39(56)53-47(23-29(47)13-11-10-12-27(4)64-37)43(58)54-67(60,61)46(7)18-19-46/h11,13-17,20-21,24,26-27,29,32,36-38,42H,9-10,12,18-19,22-23,25H2,1-8H3,(H,52,59)(H,53,56)(H,54,58)/b13-11-/t27-,29-,32-,36+,37+,38+,47-/m1/s1. The molecule has 1 saturated heterocycles. The minimum absolute atomic E-state index is 0.0766. The lowest BCUT2D eigenvalue weighted by molar-refractivity contribution is -0.145. The van der Waals surface area contributed by atoms with Gasteiger partial charge in [-0.3, -0.25) is 24.1 Å². The van der Waals surface area contributed by atoms with E-state index in [2.05, 4.69) is 20.3 Å². The Morgan fingerprint density at radius 2 is 1.82 bits per heavy atom. The molecule has 4 heterocycles. The van der Waals surface area contributed by atoms with Gasteiger partial charge in [-0.25, -0.2) is 27.0 Å². The Morgan fingerprint density at radius 1 is 1.09 bits per heavy atom. The second kappa shape index (κ2) is 19.2. The van der Waals surface area contributed by atoms with Crippen molar-refractivity contribution in [2.75, 3.05) is 13.7 Å². The number of sulfonamides is 1. The van der Waals surface area contributed by atoms with Gasteiger partial charge < -0.3 is 39.2 Å². The van der Waals surface area contributed by atoms with E-state index in [1.54, 1.807) is 63.4 Å². The summed E-state index contributed by atoms with van der Waals surface area (Å²) in [4.78, 5) is 68.1. The number of methoxy groups -OCH3 is 1. The summed E-state index contributed by atoms with van der Waals surface area (Å²) in [6, 6.07) is 7.70. The van der Waals surface area contributed by atoms with Gasteiger partial charge in [0.1, 0.15) is 35.2 Å². The predicted molar refractivity (Wildman–Crippen MR) is 242 cm³/mol. The molecule has 3 aromatic rings. The predicted octanol–water partition coefficient (Wildman–Crippen LogP) is 5.99. The number of alkyl carbamates (subject to hydrolysis) is 1. The molecular formula is C47H60F2N6O11S. The van der Waals surface area contributed by atoms with E-state index in [9.17, 15) is 31.6 Å². The summed E-state index contributed by atoms with van der Waals surface area (Å²) in [5.41, 5.74) is -2.98. The highest BCUT2D eigenvalue weighted by Crippen LogP contribution is 2.48. The molecule has 0 spiro atoms. The molecule has 3 fully saturated rings. The van der Waals surface area contributed by atoms with Gasteiger partial charge in [0.2, 0.25) is 27.7 Å². The molecule has 0 radical (unpaired) electrons. The summed E-state index contributed by atoms with van der Waals surface area (Å²) in [6.07, 6.45) is -0.0168. The van der Waals surface area contributed by atoms with Crippen LogP contribution < -0.4 is 29.6 Å². The van der Waals surface area contributed by atoms with Crippen LogP contribution in [0.2, 0.25) is 0 Å². The maximum absolute atomic E-state index is 15.1. The van der Waals surface area contributed by atoms with Gasteiger partial charge in [-0.15, -0.1) is 0 Å². The molecule has 7 rings (SSSR count). The van der Waals surface area contributed by atoms with E-state index in [0.29, 0.717) is 59.3 Å². The first kappa shape index (κ1) is 49.3. The number of fused-ring (bicyclic) bond motifs is 3. The van der Waals surface area contributed by atoms with Crippen LogP contribution in [0.15, 0.2) is 54.7 Å². The molecular weight excluding hydrogens is 895 g/mol. The van der Waals surface area contributed by atoms with Gasteiger partial charge in [-0.05, 0) is 122 Å². The Hall–Kier alpha value is -5.63. The van der Waals surface area contributed by atoms with Crippen LogP contribution in [0.1, 0.15) is 93.4 Å². The van der Waals surface area contributed by atoms with Gasteiger partial charge in [0.15, 0.2) is 5.60 Å². The van der Waals surface area contributed by atoms with Crippen molar-refractivity contribution < 1.29 is 60.1 Å². The van der Waals surface area contributed by atoms with E-state index in [1.807, 2.05) is 26.0 Å². The quantitative estimate of drug-likeness (QED) is 0.168. The number of carbonyl (C=O) groups is 4. The number of nitrogens with one attached hydrogen (secondary N) is 3. The molecule has 2 aliphatic carbocycles. The molecule has 2 saturated carbocycles. The fourth-order valence-corrected chi connectivity index (χ4v) is 9.64. The molecule has 2 aliphatic heterocycles. The average molecular weight is 955 g/mol. The van der Waals surface area contributed by atoms with Crippen LogP contribution in [-0.2, 0) is 33.9 Å². The van der Waals surface area contributed by atoms with Gasteiger partial charge in [0, 0.05) is 17.7 Å². The monoisotopic (exact) mass is 954 g/mol. The van der Waals surface area contributed by atoms with Crippen LogP contribution in [0.5, 0.6) is 17.4 Å². The fraction of sp³-hybridized carbons (Fsp3) is 0.574. The van der Waals surface area contributed by atoms with E-state index in [0.717, 1.165) is 13.8 Å². The van der Waals surface area contributed by atoms with Crippen LogP contribution in [0.25, 0.3) is 22.2 Å². The minimum Gasteiger partial charge on any atom is -0.497 e. The van der Waals surface area contributed by atoms with E-state index >= 15 is 4.79 Å². The Bertz CT molecular complexity index is 2500. The zero-order valence-corrected chi connectivity index (χ0v) is 39.8. The first-order valence-corrected chi connectivity index (χ1v) is 24.1. The fourth-order valence-electron chi connectivity index (χ4n) is 8.33.